The number of anilines is 1. The summed E-state index contributed by atoms with van der Waals surface area (Å²) in [6.45, 7) is 2.31. The Kier molecular flexibility index (Phi) is 7.34. The number of carbonyl (C=O) groups is 1. The Morgan fingerprint density at radius 1 is 1.19 bits per heavy atom. The number of methoxy groups -OCH3 is 1. The van der Waals surface area contributed by atoms with Crippen LogP contribution in [0.15, 0.2) is 46.3 Å². The molecule has 3 rings (SSSR count). The van der Waals surface area contributed by atoms with E-state index < -0.39 is 34.3 Å². The molecule has 1 amide bonds. The first kappa shape index (κ1) is 22.8. The van der Waals surface area contributed by atoms with Gasteiger partial charge < -0.3 is 10.1 Å². The van der Waals surface area contributed by atoms with Crippen molar-refractivity contribution < 1.29 is 22.7 Å². The minimum Gasteiger partial charge on any atom is -0.385 e. The van der Waals surface area contributed by atoms with Gasteiger partial charge in [-0.25, -0.2) is 18.2 Å². The van der Waals surface area contributed by atoms with Crippen LogP contribution in [0.3, 0.4) is 0 Å². The second-order valence-corrected chi connectivity index (χ2v) is 7.99. The van der Waals surface area contributed by atoms with Crippen LogP contribution in [-0.2, 0) is 16.1 Å². The molecule has 1 N–H and O–H groups in total. The summed E-state index contributed by atoms with van der Waals surface area (Å²) in [7, 11) is 1.56. The zero-order valence-corrected chi connectivity index (χ0v) is 17.6. The third kappa shape index (κ3) is 5.08. The van der Waals surface area contributed by atoms with Crippen molar-refractivity contribution in [3.05, 3.63) is 64.2 Å². The Hall–Kier alpha value is -2.85. The van der Waals surface area contributed by atoms with Crippen LogP contribution in [0.2, 0.25) is 0 Å². The number of aromatic nitrogens is 2. The fourth-order valence-corrected chi connectivity index (χ4v) is 3.80. The molecule has 0 bridgehead atoms. The lowest BCUT2D eigenvalue weighted by atomic mass is 10.2. The molecular weight excluding hydrogens is 431 g/mol. The molecule has 0 aliphatic rings. The van der Waals surface area contributed by atoms with Gasteiger partial charge in [0.05, 0.1) is 21.8 Å². The van der Waals surface area contributed by atoms with Gasteiger partial charge in [0.2, 0.25) is 5.91 Å². The van der Waals surface area contributed by atoms with E-state index in [-0.39, 0.29) is 5.56 Å². The fraction of sp³-hybridized carbons (Fsp3) is 0.286. The molecule has 2 aromatic carbocycles. The zero-order valence-electron chi connectivity index (χ0n) is 16.8. The van der Waals surface area contributed by atoms with Crippen molar-refractivity contribution in [3.8, 4) is 0 Å². The maximum atomic E-state index is 13.9. The first-order valence-electron chi connectivity index (χ1n) is 9.43. The Labute approximate surface area is 180 Å². The molecule has 3 aromatic rings. The molecule has 1 atom stereocenters. The lowest BCUT2D eigenvalue weighted by Crippen LogP contribution is -2.27. The van der Waals surface area contributed by atoms with E-state index >= 15 is 0 Å². The molecule has 0 aliphatic carbocycles. The number of para-hydroxylation sites is 1. The van der Waals surface area contributed by atoms with E-state index in [1.165, 1.54) is 4.57 Å². The van der Waals surface area contributed by atoms with Crippen LogP contribution in [-0.4, -0.2) is 34.4 Å². The lowest BCUT2D eigenvalue weighted by molar-refractivity contribution is -0.115. The zero-order chi connectivity index (χ0) is 22.5. The summed E-state index contributed by atoms with van der Waals surface area (Å²) in [6.07, 6.45) is 0.560. The van der Waals surface area contributed by atoms with Crippen LogP contribution >= 0.6 is 11.8 Å². The number of rotatable bonds is 8. The number of thioether (sulfide) groups is 1. The van der Waals surface area contributed by atoms with Gasteiger partial charge in [0.15, 0.2) is 22.6 Å². The second kappa shape index (κ2) is 9.97. The van der Waals surface area contributed by atoms with E-state index in [4.69, 9.17) is 4.74 Å². The van der Waals surface area contributed by atoms with Crippen LogP contribution in [0.4, 0.5) is 18.9 Å². The highest BCUT2D eigenvalue weighted by Gasteiger charge is 2.22. The quantitative estimate of drug-likeness (QED) is 0.243. The van der Waals surface area contributed by atoms with Gasteiger partial charge in [0, 0.05) is 20.3 Å². The second-order valence-electron chi connectivity index (χ2n) is 6.69. The summed E-state index contributed by atoms with van der Waals surface area (Å²) < 4.78 is 46.9. The van der Waals surface area contributed by atoms with E-state index in [1.807, 2.05) is 0 Å². The molecule has 0 fully saturated rings. The van der Waals surface area contributed by atoms with E-state index in [1.54, 1.807) is 38.3 Å². The Morgan fingerprint density at radius 2 is 1.94 bits per heavy atom. The van der Waals surface area contributed by atoms with E-state index in [2.05, 4.69) is 10.3 Å². The van der Waals surface area contributed by atoms with Crippen molar-refractivity contribution >= 4 is 34.3 Å². The maximum absolute atomic E-state index is 13.9. The molecule has 10 heteroatoms. The third-order valence-corrected chi connectivity index (χ3v) is 5.59. The molecule has 0 spiro atoms. The minimum atomic E-state index is -1.67. The third-order valence-electron chi connectivity index (χ3n) is 4.50. The molecule has 164 valence electrons. The van der Waals surface area contributed by atoms with Crippen LogP contribution in [0.5, 0.6) is 0 Å². The van der Waals surface area contributed by atoms with E-state index in [0.717, 1.165) is 23.9 Å². The predicted octanol–water partition coefficient (Wildman–Crippen LogP) is 3.97. The number of amides is 1. The van der Waals surface area contributed by atoms with Crippen molar-refractivity contribution in [2.45, 2.75) is 30.3 Å². The molecule has 31 heavy (non-hydrogen) atoms. The van der Waals surface area contributed by atoms with Crippen molar-refractivity contribution in [1.29, 1.82) is 0 Å². The Bertz CT molecular complexity index is 1170. The minimum absolute atomic E-state index is 0.247. The number of nitrogens with zero attached hydrogens (tertiary/aromatic N) is 2. The number of benzene rings is 2. The summed E-state index contributed by atoms with van der Waals surface area (Å²) >= 11 is 1.01. The van der Waals surface area contributed by atoms with Crippen LogP contribution < -0.4 is 10.9 Å². The molecule has 0 saturated carbocycles. The predicted molar refractivity (Wildman–Crippen MR) is 113 cm³/mol. The monoisotopic (exact) mass is 451 g/mol. The van der Waals surface area contributed by atoms with Gasteiger partial charge in [-0.1, -0.05) is 23.9 Å². The summed E-state index contributed by atoms with van der Waals surface area (Å²) in [4.78, 5) is 30.0. The topological polar surface area (TPSA) is 73.2 Å². The van der Waals surface area contributed by atoms with Gasteiger partial charge >= 0.3 is 0 Å². The van der Waals surface area contributed by atoms with Crippen LogP contribution in [0.25, 0.3) is 10.9 Å². The van der Waals surface area contributed by atoms with Gasteiger partial charge in [-0.2, -0.15) is 0 Å². The number of halogens is 3. The molecule has 6 nitrogen and oxygen atoms in total. The Balaban J connectivity index is 1.87. The molecule has 0 saturated heterocycles. The summed E-state index contributed by atoms with van der Waals surface area (Å²) in [5.74, 6) is -5.15. The highest BCUT2D eigenvalue weighted by atomic mass is 32.2. The molecule has 1 heterocycles. The first-order chi connectivity index (χ1) is 14.8. The summed E-state index contributed by atoms with van der Waals surface area (Å²) in [5.41, 5.74) is -0.235. The molecule has 0 radical (unpaired) electrons. The summed E-state index contributed by atoms with van der Waals surface area (Å²) in [5, 5.41) is 2.20. The van der Waals surface area contributed by atoms with Crippen LogP contribution in [0.1, 0.15) is 13.3 Å². The number of nitrogens with one attached hydrogen (secondary N) is 1. The number of carbonyl (C=O) groups excluding carboxylic acids is 1. The van der Waals surface area contributed by atoms with Crippen molar-refractivity contribution in [1.82, 2.24) is 9.55 Å². The van der Waals surface area contributed by atoms with E-state index in [9.17, 15) is 22.8 Å². The van der Waals surface area contributed by atoms with Gasteiger partial charge in [0.1, 0.15) is 0 Å². The van der Waals surface area contributed by atoms with Crippen molar-refractivity contribution in [2.24, 2.45) is 0 Å². The fourth-order valence-electron chi connectivity index (χ4n) is 2.87. The Morgan fingerprint density at radius 3 is 2.68 bits per heavy atom. The average Bonchev–Trinajstić information content (AvgIpc) is 2.76. The number of ether oxygens (including phenoxy) is 1. The number of fused-ring (bicyclic) bond motifs is 1. The standard InChI is InChI=1S/C21H20F3N3O3S/c1-12(19(28)25-16-9-8-14(22)17(23)18(16)24)31-21-26-15-7-4-3-6-13(15)20(29)27(21)10-5-11-30-2/h3-4,6-9,12H,5,10-11H2,1-2H3,(H,25,28)/t12-/m0/s1. The first-order valence-corrected chi connectivity index (χ1v) is 10.3. The lowest BCUT2D eigenvalue weighted by Gasteiger charge is -2.16. The van der Waals surface area contributed by atoms with Gasteiger partial charge in [-0.15, -0.1) is 0 Å². The largest absolute Gasteiger partial charge is 0.385 e. The van der Waals surface area contributed by atoms with Gasteiger partial charge in [0.25, 0.3) is 5.56 Å². The highest BCUT2D eigenvalue weighted by Crippen LogP contribution is 2.25. The number of hydrogen-bond donors (Lipinski definition) is 1. The average molecular weight is 451 g/mol. The summed E-state index contributed by atoms with van der Waals surface area (Å²) in [6, 6.07) is 8.53. The number of hydrogen-bond acceptors (Lipinski definition) is 5. The maximum Gasteiger partial charge on any atom is 0.262 e. The van der Waals surface area contributed by atoms with Crippen LogP contribution in [0, 0.1) is 17.5 Å². The van der Waals surface area contributed by atoms with Gasteiger partial charge in [-0.3, -0.25) is 14.2 Å². The molecular formula is C21H20F3N3O3S. The molecule has 0 aliphatic heterocycles. The highest BCUT2D eigenvalue weighted by molar-refractivity contribution is 8.00. The molecule has 0 unspecified atom stereocenters. The van der Waals surface area contributed by atoms with E-state index in [0.29, 0.717) is 35.6 Å². The smallest absolute Gasteiger partial charge is 0.262 e. The molecule has 1 aromatic heterocycles. The van der Waals surface area contributed by atoms with Crippen molar-refractivity contribution in [2.75, 3.05) is 19.0 Å². The SMILES string of the molecule is COCCCn1c(S[C@@H](C)C(=O)Nc2ccc(F)c(F)c2F)nc2ccccc2c1=O. The normalized spacial score (nSPS) is 12.2. The van der Waals surface area contributed by atoms with Gasteiger partial charge in [-0.05, 0) is 37.6 Å². The van der Waals surface area contributed by atoms with Crippen molar-refractivity contribution in [3.63, 3.8) is 0 Å².